The summed E-state index contributed by atoms with van der Waals surface area (Å²) in [4.78, 5) is 17.5. The van der Waals surface area contributed by atoms with Crippen LogP contribution in [-0.2, 0) is 6.54 Å². The monoisotopic (exact) mass is 327 g/mol. The van der Waals surface area contributed by atoms with Crippen LogP contribution in [0.2, 0.25) is 0 Å². The van der Waals surface area contributed by atoms with E-state index >= 15 is 0 Å². The number of alkyl halides is 3. The zero-order valence-corrected chi connectivity index (χ0v) is 12.6. The van der Waals surface area contributed by atoms with Gasteiger partial charge in [-0.05, 0) is 38.4 Å². The first kappa shape index (κ1) is 17.0. The maximum Gasteiger partial charge on any atom is 0.414 e. The van der Waals surface area contributed by atoms with Crippen LogP contribution in [0.3, 0.4) is 0 Å². The van der Waals surface area contributed by atoms with Gasteiger partial charge in [-0.25, -0.2) is 0 Å². The van der Waals surface area contributed by atoms with Crippen molar-refractivity contribution < 1.29 is 22.4 Å². The molecule has 2 rings (SSSR count). The van der Waals surface area contributed by atoms with Crippen LogP contribution in [0, 0.1) is 0 Å². The minimum Gasteiger partial charge on any atom is -0.455 e. The van der Waals surface area contributed by atoms with Crippen molar-refractivity contribution in [1.29, 1.82) is 0 Å². The van der Waals surface area contributed by atoms with Crippen molar-refractivity contribution in [1.82, 2.24) is 15.2 Å². The fourth-order valence-corrected chi connectivity index (χ4v) is 1.97. The van der Waals surface area contributed by atoms with Crippen molar-refractivity contribution in [2.45, 2.75) is 18.8 Å². The summed E-state index contributed by atoms with van der Waals surface area (Å²) in [5.74, 6) is -0.628. The van der Waals surface area contributed by atoms with E-state index in [1.165, 1.54) is 30.5 Å². The second kappa shape index (κ2) is 6.82. The summed E-state index contributed by atoms with van der Waals surface area (Å²) in [6.45, 7) is 0.441. The second-order valence-electron chi connectivity index (χ2n) is 5.21. The molecule has 1 unspecified atom stereocenters. The Balaban J connectivity index is 2.16. The smallest absolute Gasteiger partial charge is 0.414 e. The predicted molar refractivity (Wildman–Crippen MR) is 76.6 cm³/mol. The SMILES string of the molecule is CN(C)Cc1ccc(C(=O)NC(c2ccccn2)C(F)(F)F)o1. The van der Waals surface area contributed by atoms with Gasteiger partial charge in [0.25, 0.3) is 5.91 Å². The summed E-state index contributed by atoms with van der Waals surface area (Å²) in [7, 11) is 3.62. The number of aromatic nitrogens is 1. The molecule has 1 amide bonds. The highest BCUT2D eigenvalue weighted by Crippen LogP contribution is 2.31. The van der Waals surface area contributed by atoms with E-state index in [1.807, 2.05) is 24.3 Å². The number of nitrogens with one attached hydrogen (secondary N) is 1. The third-order valence-corrected chi connectivity index (χ3v) is 2.94. The van der Waals surface area contributed by atoms with E-state index in [0.29, 0.717) is 12.3 Å². The number of furan rings is 1. The highest BCUT2D eigenvalue weighted by atomic mass is 19.4. The molecule has 8 heteroatoms. The summed E-state index contributed by atoms with van der Waals surface area (Å²) < 4.78 is 44.8. The third-order valence-electron chi connectivity index (χ3n) is 2.94. The molecule has 0 saturated carbocycles. The molecule has 0 spiro atoms. The minimum absolute atomic E-state index is 0.174. The average Bonchev–Trinajstić information content (AvgIpc) is 2.92. The number of rotatable bonds is 5. The fourth-order valence-electron chi connectivity index (χ4n) is 1.97. The molecular weight excluding hydrogens is 311 g/mol. The first-order valence-corrected chi connectivity index (χ1v) is 6.79. The van der Waals surface area contributed by atoms with Gasteiger partial charge in [0.2, 0.25) is 0 Å². The molecule has 124 valence electrons. The largest absolute Gasteiger partial charge is 0.455 e. The van der Waals surface area contributed by atoms with Crippen LogP contribution >= 0.6 is 0 Å². The molecule has 0 aromatic carbocycles. The quantitative estimate of drug-likeness (QED) is 0.917. The maximum atomic E-state index is 13.2. The summed E-state index contributed by atoms with van der Waals surface area (Å²) >= 11 is 0. The molecular formula is C15H16F3N3O2. The first-order chi connectivity index (χ1) is 10.8. The molecule has 2 heterocycles. The van der Waals surface area contributed by atoms with E-state index in [9.17, 15) is 18.0 Å². The van der Waals surface area contributed by atoms with Crippen LogP contribution in [0.1, 0.15) is 28.1 Å². The number of pyridine rings is 1. The van der Waals surface area contributed by atoms with Crippen molar-refractivity contribution in [2.24, 2.45) is 0 Å². The van der Waals surface area contributed by atoms with Gasteiger partial charge in [0, 0.05) is 6.20 Å². The normalized spacial score (nSPS) is 13.1. The van der Waals surface area contributed by atoms with Gasteiger partial charge in [-0.2, -0.15) is 13.2 Å². The number of halogens is 3. The van der Waals surface area contributed by atoms with Crippen molar-refractivity contribution in [2.75, 3.05) is 14.1 Å². The Hall–Kier alpha value is -2.35. The number of hydrogen-bond acceptors (Lipinski definition) is 4. The Kier molecular flexibility index (Phi) is 5.05. The minimum atomic E-state index is -4.66. The first-order valence-electron chi connectivity index (χ1n) is 6.79. The summed E-state index contributed by atoms with van der Waals surface area (Å²) in [5, 5.41) is 1.92. The molecule has 0 fully saturated rings. The molecule has 2 aromatic rings. The molecule has 2 aromatic heterocycles. The van der Waals surface area contributed by atoms with Gasteiger partial charge in [-0.1, -0.05) is 6.07 Å². The van der Waals surface area contributed by atoms with Crippen molar-refractivity contribution in [3.8, 4) is 0 Å². The molecule has 23 heavy (non-hydrogen) atoms. The summed E-state index contributed by atoms with van der Waals surface area (Å²) in [6, 6.07) is 4.84. The highest BCUT2D eigenvalue weighted by molar-refractivity contribution is 5.91. The lowest BCUT2D eigenvalue weighted by atomic mass is 10.1. The van der Waals surface area contributed by atoms with E-state index in [0.717, 1.165) is 0 Å². The number of carbonyl (C=O) groups excluding carboxylic acids is 1. The lowest BCUT2D eigenvalue weighted by Crippen LogP contribution is -2.38. The van der Waals surface area contributed by atoms with Crippen LogP contribution in [-0.4, -0.2) is 36.1 Å². The van der Waals surface area contributed by atoms with E-state index < -0.39 is 18.1 Å². The van der Waals surface area contributed by atoms with Gasteiger partial charge in [-0.3, -0.25) is 9.78 Å². The molecule has 1 N–H and O–H groups in total. The van der Waals surface area contributed by atoms with E-state index in [1.54, 1.807) is 6.07 Å². The van der Waals surface area contributed by atoms with Crippen molar-refractivity contribution in [3.05, 3.63) is 53.7 Å². The molecule has 0 bridgehead atoms. The molecule has 1 atom stereocenters. The van der Waals surface area contributed by atoms with Crippen LogP contribution in [0.15, 0.2) is 40.9 Å². The topological polar surface area (TPSA) is 58.4 Å². The average molecular weight is 327 g/mol. The van der Waals surface area contributed by atoms with Crippen molar-refractivity contribution in [3.63, 3.8) is 0 Å². The van der Waals surface area contributed by atoms with Gasteiger partial charge in [0.15, 0.2) is 11.8 Å². The van der Waals surface area contributed by atoms with Gasteiger partial charge in [0.1, 0.15) is 5.76 Å². The van der Waals surface area contributed by atoms with Gasteiger partial charge >= 0.3 is 6.18 Å². The lowest BCUT2D eigenvalue weighted by molar-refractivity contribution is -0.156. The number of carbonyl (C=O) groups is 1. The summed E-state index contributed by atoms with van der Waals surface area (Å²) in [6.07, 6.45) is -3.43. The maximum absolute atomic E-state index is 13.2. The Bertz CT molecular complexity index is 653. The van der Waals surface area contributed by atoms with Crippen LogP contribution in [0.25, 0.3) is 0 Å². The number of nitrogens with zero attached hydrogens (tertiary/aromatic N) is 2. The zero-order valence-electron chi connectivity index (χ0n) is 12.6. The van der Waals surface area contributed by atoms with Crippen LogP contribution < -0.4 is 5.32 Å². The Morgan fingerprint density at radius 3 is 2.61 bits per heavy atom. The molecule has 0 aliphatic heterocycles. The standard InChI is InChI=1S/C15H16F3N3O2/c1-21(2)9-10-6-7-12(23-10)14(22)20-13(15(16,17)18)11-5-3-4-8-19-11/h3-8,13H,9H2,1-2H3,(H,20,22). The zero-order chi connectivity index (χ0) is 17.0. The van der Waals surface area contributed by atoms with Gasteiger partial charge < -0.3 is 14.6 Å². The molecule has 0 radical (unpaired) electrons. The van der Waals surface area contributed by atoms with Crippen LogP contribution in [0.4, 0.5) is 13.2 Å². The molecule has 0 saturated heterocycles. The highest BCUT2D eigenvalue weighted by Gasteiger charge is 2.43. The van der Waals surface area contributed by atoms with Crippen LogP contribution in [0.5, 0.6) is 0 Å². The summed E-state index contributed by atoms with van der Waals surface area (Å²) in [5.41, 5.74) is -0.284. The van der Waals surface area contributed by atoms with Gasteiger partial charge in [-0.15, -0.1) is 0 Å². The molecule has 5 nitrogen and oxygen atoms in total. The Morgan fingerprint density at radius 2 is 2.04 bits per heavy atom. The number of amides is 1. The Morgan fingerprint density at radius 1 is 1.30 bits per heavy atom. The Labute approximate surface area is 131 Å². The second-order valence-corrected chi connectivity index (χ2v) is 5.21. The lowest BCUT2D eigenvalue weighted by Gasteiger charge is -2.20. The van der Waals surface area contributed by atoms with Gasteiger partial charge in [0.05, 0.1) is 12.2 Å². The van der Waals surface area contributed by atoms with E-state index in [2.05, 4.69) is 4.98 Å². The number of hydrogen-bond donors (Lipinski definition) is 1. The molecule has 0 aliphatic carbocycles. The molecule has 0 aliphatic rings. The predicted octanol–water partition coefficient (Wildman–Crippen LogP) is 2.77. The van der Waals surface area contributed by atoms with Crippen molar-refractivity contribution >= 4 is 5.91 Å². The van der Waals surface area contributed by atoms with E-state index in [-0.39, 0.29) is 11.5 Å². The third kappa shape index (κ3) is 4.56. The fraction of sp³-hybridized carbons (Fsp3) is 0.333. The van der Waals surface area contributed by atoms with E-state index in [4.69, 9.17) is 4.42 Å².